The van der Waals surface area contributed by atoms with E-state index >= 15 is 0 Å². The minimum Gasteiger partial charge on any atom is -0.393 e. The van der Waals surface area contributed by atoms with Crippen LogP contribution in [0.15, 0.2) is 0 Å². The summed E-state index contributed by atoms with van der Waals surface area (Å²) >= 11 is 0. The molecule has 0 aliphatic heterocycles. The summed E-state index contributed by atoms with van der Waals surface area (Å²) in [5, 5.41) is 10.3. The molecule has 0 spiro atoms. The van der Waals surface area contributed by atoms with Crippen LogP contribution in [-0.4, -0.2) is 11.2 Å². The monoisotopic (exact) mass is 456 g/mol. The molecule has 9 atom stereocenters. The highest BCUT2D eigenvalue weighted by molar-refractivity contribution is 5.09. The van der Waals surface area contributed by atoms with Gasteiger partial charge in [0.1, 0.15) is 0 Å². The molecular weight excluding hydrogens is 400 g/mol. The van der Waals surface area contributed by atoms with Gasteiger partial charge in [0.15, 0.2) is 0 Å². The van der Waals surface area contributed by atoms with Gasteiger partial charge in [0.2, 0.25) is 0 Å². The molecular formula is C32H56O. The van der Waals surface area contributed by atoms with Gasteiger partial charge in [-0.2, -0.15) is 0 Å². The summed E-state index contributed by atoms with van der Waals surface area (Å²) < 4.78 is 0. The number of hydrogen-bond acceptors (Lipinski definition) is 1. The van der Waals surface area contributed by atoms with Crippen LogP contribution in [0.1, 0.15) is 131 Å². The van der Waals surface area contributed by atoms with Crippen LogP contribution < -0.4 is 0 Å². The summed E-state index contributed by atoms with van der Waals surface area (Å²) in [5.74, 6) is 8.57. The third-order valence-electron chi connectivity index (χ3n) is 13.3. The van der Waals surface area contributed by atoms with E-state index in [-0.39, 0.29) is 6.10 Å². The van der Waals surface area contributed by atoms with Crippen molar-refractivity contribution in [3.8, 4) is 0 Å². The van der Waals surface area contributed by atoms with E-state index in [0.29, 0.717) is 10.8 Å². The van der Waals surface area contributed by atoms with Gasteiger partial charge >= 0.3 is 0 Å². The van der Waals surface area contributed by atoms with Gasteiger partial charge in [-0.1, -0.05) is 60.3 Å². The van der Waals surface area contributed by atoms with Crippen LogP contribution in [0.4, 0.5) is 0 Å². The molecule has 0 radical (unpaired) electrons. The number of aliphatic hydroxyl groups is 1. The first-order valence-corrected chi connectivity index (χ1v) is 15.4. The largest absolute Gasteiger partial charge is 0.393 e. The molecule has 0 amide bonds. The Hall–Kier alpha value is -0.0400. The molecule has 0 aromatic rings. The Morgan fingerprint density at radius 3 is 2.18 bits per heavy atom. The molecule has 5 rings (SSSR count). The molecule has 0 aromatic heterocycles. The Morgan fingerprint density at radius 2 is 1.45 bits per heavy atom. The summed E-state index contributed by atoms with van der Waals surface area (Å²) in [6.07, 6.45) is 21.4. The van der Waals surface area contributed by atoms with Crippen molar-refractivity contribution in [2.75, 3.05) is 0 Å². The van der Waals surface area contributed by atoms with Gasteiger partial charge in [0, 0.05) is 0 Å². The fourth-order valence-corrected chi connectivity index (χ4v) is 11.1. The second-order valence-electron chi connectivity index (χ2n) is 14.9. The first kappa shape index (κ1) is 24.6. The smallest absolute Gasteiger partial charge is 0.0543 e. The van der Waals surface area contributed by atoms with Crippen molar-refractivity contribution in [2.45, 2.75) is 137 Å². The lowest BCUT2D eigenvalue weighted by Gasteiger charge is -2.61. The summed E-state index contributed by atoms with van der Waals surface area (Å²) in [4.78, 5) is 0. The average molecular weight is 457 g/mol. The van der Waals surface area contributed by atoms with Crippen molar-refractivity contribution < 1.29 is 5.11 Å². The van der Waals surface area contributed by atoms with E-state index in [9.17, 15) is 5.11 Å². The zero-order valence-corrected chi connectivity index (χ0v) is 22.8. The van der Waals surface area contributed by atoms with Crippen LogP contribution >= 0.6 is 0 Å². The highest BCUT2D eigenvalue weighted by Gasteiger charge is 2.60. The van der Waals surface area contributed by atoms with E-state index in [0.717, 1.165) is 66.1 Å². The van der Waals surface area contributed by atoms with Crippen LogP contribution in [0, 0.1) is 64.1 Å². The van der Waals surface area contributed by atoms with Crippen LogP contribution in [-0.2, 0) is 0 Å². The SMILES string of the molecule is CC(C)C1CCC(CC[C@@H](C)[C@H]2CC[C@H]3[C@@H]4CCC5C[C@@H](O)CC[C@]5(C)[C@H]4CC[C@]23C)CC1. The van der Waals surface area contributed by atoms with Crippen molar-refractivity contribution in [3.05, 3.63) is 0 Å². The fraction of sp³-hybridized carbons (Fsp3) is 1.00. The van der Waals surface area contributed by atoms with Gasteiger partial charge in [0.05, 0.1) is 6.10 Å². The summed E-state index contributed by atoms with van der Waals surface area (Å²) in [6.45, 7) is 12.9. The van der Waals surface area contributed by atoms with E-state index in [1.807, 2.05) is 0 Å². The van der Waals surface area contributed by atoms with E-state index < -0.39 is 0 Å². The van der Waals surface area contributed by atoms with E-state index in [1.165, 1.54) is 83.5 Å². The van der Waals surface area contributed by atoms with Crippen molar-refractivity contribution in [3.63, 3.8) is 0 Å². The molecule has 0 aromatic carbocycles. The predicted octanol–water partition coefficient (Wildman–Crippen LogP) is 8.88. The lowest BCUT2D eigenvalue weighted by molar-refractivity contribution is -0.129. The number of aliphatic hydroxyl groups excluding tert-OH is 1. The summed E-state index contributed by atoms with van der Waals surface area (Å²) in [7, 11) is 0. The van der Waals surface area contributed by atoms with Crippen molar-refractivity contribution in [1.29, 1.82) is 0 Å². The van der Waals surface area contributed by atoms with Crippen LogP contribution in [0.3, 0.4) is 0 Å². The Kier molecular flexibility index (Phi) is 7.05. The van der Waals surface area contributed by atoms with Gasteiger partial charge < -0.3 is 5.11 Å². The zero-order valence-electron chi connectivity index (χ0n) is 22.8. The standard InChI is InChI=1S/C32H56O/c1-21(2)24-10-8-23(9-11-24)7-6-22(3)28-14-15-29-27-13-12-25-20-26(33)16-18-31(25,4)30(27)17-19-32(28,29)5/h21-30,33H,6-20H2,1-5H3/t22-,23?,24?,25?,26+,27+,28-,29+,30+,31+,32-/m1/s1. The molecule has 5 saturated carbocycles. The van der Waals surface area contributed by atoms with Crippen molar-refractivity contribution in [1.82, 2.24) is 0 Å². The van der Waals surface area contributed by atoms with Crippen LogP contribution in [0.25, 0.3) is 0 Å². The molecule has 5 fully saturated rings. The molecule has 1 N–H and O–H groups in total. The number of fused-ring (bicyclic) bond motifs is 5. The first-order chi connectivity index (χ1) is 15.7. The number of rotatable bonds is 5. The normalized spacial score (nSPS) is 51.0. The lowest BCUT2D eigenvalue weighted by atomic mass is 9.44. The maximum atomic E-state index is 10.3. The van der Waals surface area contributed by atoms with E-state index in [2.05, 4.69) is 34.6 Å². The van der Waals surface area contributed by atoms with Gasteiger partial charge in [-0.3, -0.25) is 0 Å². The molecule has 5 aliphatic carbocycles. The average Bonchev–Trinajstić information content (AvgIpc) is 3.15. The summed E-state index contributed by atoms with van der Waals surface area (Å²) in [5.41, 5.74) is 1.15. The van der Waals surface area contributed by atoms with Crippen LogP contribution in [0.2, 0.25) is 0 Å². The third-order valence-corrected chi connectivity index (χ3v) is 13.3. The Morgan fingerprint density at radius 1 is 0.758 bits per heavy atom. The van der Waals surface area contributed by atoms with E-state index in [4.69, 9.17) is 0 Å². The number of hydrogen-bond donors (Lipinski definition) is 1. The molecule has 0 saturated heterocycles. The van der Waals surface area contributed by atoms with Crippen molar-refractivity contribution in [2.24, 2.45) is 64.1 Å². The molecule has 5 aliphatic rings. The lowest BCUT2D eigenvalue weighted by Crippen LogP contribution is -2.54. The molecule has 190 valence electrons. The van der Waals surface area contributed by atoms with Gasteiger partial charge in [-0.25, -0.2) is 0 Å². The van der Waals surface area contributed by atoms with Gasteiger partial charge in [-0.05, 0) is 135 Å². The van der Waals surface area contributed by atoms with Gasteiger partial charge in [-0.15, -0.1) is 0 Å². The molecule has 1 heteroatoms. The van der Waals surface area contributed by atoms with E-state index in [1.54, 1.807) is 0 Å². The minimum atomic E-state index is -0.00869. The molecule has 1 nitrogen and oxygen atoms in total. The van der Waals surface area contributed by atoms with Crippen molar-refractivity contribution >= 4 is 0 Å². The molecule has 0 bridgehead atoms. The highest BCUT2D eigenvalue weighted by atomic mass is 16.3. The molecule has 1 unspecified atom stereocenters. The Balaban J connectivity index is 1.19. The Labute approximate surface area is 206 Å². The second kappa shape index (κ2) is 9.44. The molecule has 33 heavy (non-hydrogen) atoms. The zero-order chi connectivity index (χ0) is 23.4. The first-order valence-electron chi connectivity index (χ1n) is 15.4. The highest BCUT2D eigenvalue weighted by Crippen LogP contribution is 2.68. The maximum absolute atomic E-state index is 10.3. The topological polar surface area (TPSA) is 20.2 Å². The minimum absolute atomic E-state index is 0.00869. The fourth-order valence-electron chi connectivity index (χ4n) is 11.1. The predicted molar refractivity (Wildman–Crippen MR) is 140 cm³/mol. The maximum Gasteiger partial charge on any atom is 0.0543 e. The Bertz CT molecular complexity index is 661. The van der Waals surface area contributed by atoms with Crippen LogP contribution in [0.5, 0.6) is 0 Å². The quantitative estimate of drug-likeness (QED) is 0.438. The second-order valence-corrected chi connectivity index (χ2v) is 14.9. The summed E-state index contributed by atoms with van der Waals surface area (Å²) in [6, 6.07) is 0. The third kappa shape index (κ3) is 4.38. The van der Waals surface area contributed by atoms with Gasteiger partial charge in [0.25, 0.3) is 0 Å². The molecule has 0 heterocycles.